The molecule has 1 aromatic heterocycles. The van der Waals surface area contributed by atoms with E-state index in [0.29, 0.717) is 48.7 Å². The molecule has 0 bridgehead atoms. The Kier molecular flexibility index (Phi) is 10.5. The van der Waals surface area contributed by atoms with Crippen LogP contribution in [0.25, 0.3) is 0 Å². The highest BCUT2D eigenvalue weighted by atomic mass is 35.5. The number of nitrogens with zero attached hydrogens (tertiary/aromatic N) is 5. The van der Waals surface area contributed by atoms with Crippen molar-refractivity contribution < 1.29 is 19.1 Å². The van der Waals surface area contributed by atoms with Crippen LogP contribution in [0.15, 0.2) is 29.4 Å². The van der Waals surface area contributed by atoms with Gasteiger partial charge in [0.1, 0.15) is 16.8 Å². The first-order valence-corrected chi connectivity index (χ1v) is 15.3. The quantitative estimate of drug-likeness (QED) is 0.195. The Balaban J connectivity index is 1.22. The van der Waals surface area contributed by atoms with Crippen LogP contribution in [0.3, 0.4) is 0 Å². The summed E-state index contributed by atoms with van der Waals surface area (Å²) in [5.41, 5.74) is 0.786. The lowest BCUT2D eigenvalue weighted by molar-refractivity contribution is -0.139. The van der Waals surface area contributed by atoms with Crippen molar-refractivity contribution in [3.05, 3.63) is 35.0 Å². The molecule has 0 saturated carbocycles. The maximum Gasteiger partial charge on any atom is 0.231 e. The van der Waals surface area contributed by atoms with E-state index in [9.17, 15) is 9.59 Å². The Labute approximate surface area is 246 Å². The van der Waals surface area contributed by atoms with Crippen LogP contribution in [0.1, 0.15) is 52.5 Å². The van der Waals surface area contributed by atoms with Crippen LogP contribution in [0.2, 0.25) is 5.15 Å². The van der Waals surface area contributed by atoms with Crippen LogP contribution in [0.4, 0.5) is 5.82 Å². The van der Waals surface area contributed by atoms with Crippen molar-refractivity contribution in [2.45, 2.75) is 58.7 Å². The summed E-state index contributed by atoms with van der Waals surface area (Å²) in [5.74, 6) is 2.96. The summed E-state index contributed by atoms with van der Waals surface area (Å²) in [6.45, 7) is 13.5. The second-order valence-corrected chi connectivity index (χ2v) is 12.6. The molecule has 2 aromatic rings. The van der Waals surface area contributed by atoms with Crippen molar-refractivity contribution in [3.8, 4) is 11.5 Å². The molecule has 0 unspecified atom stereocenters. The molecule has 11 heteroatoms. The normalized spacial score (nSPS) is 15.2. The number of ketones is 1. The molecule has 1 aromatic carbocycles. The van der Waals surface area contributed by atoms with Crippen LogP contribution in [0.5, 0.6) is 11.5 Å². The van der Waals surface area contributed by atoms with Crippen molar-refractivity contribution in [2.75, 3.05) is 56.7 Å². The van der Waals surface area contributed by atoms with Gasteiger partial charge < -0.3 is 19.3 Å². The standard InChI is InChI=1S/C29H40ClN5O4S/c1-5-10-33(18-21-8-9-23-24(16-21)39-20-38-23)11-6-7-22(36)19-40-28-31-25(30)17-26(32-28)34-12-14-35(15-13-34)27(37)29(2,3)4/h8-9,16-17H,5-7,10-15,18-20H2,1-4H3. The molecule has 40 heavy (non-hydrogen) atoms. The highest BCUT2D eigenvalue weighted by molar-refractivity contribution is 7.99. The lowest BCUT2D eigenvalue weighted by Crippen LogP contribution is -2.51. The molecule has 1 fully saturated rings. The van der Waals surface area contributed by atoms with Gasteiger partial charge in [-0.05, 0) is 43.6 Å². The van der Waals surface area contributed by atoms with Crippen LogP contribution < -0.4 is 14.4 Å². The van der Waals surface area contributed by atoms with Gasteiger partial charge in [0.05, 0.1) is 5.75 Å². The number of rotatable bonds is 12. The van der Waals surface area contributed by atoms with E-state index in [4.69, 9.17) is 21.1 Å². The van der Waals surface area contributed by atoms with Crippen LogP contribution in [0, 0.1) is 5.41 Å². The maximum absolute atomic E-state index is 12.7. The van der Waals surface area contributed by atoms with E-state index in [1.54, 1.807) is 6.07 Å². The molecule has 0 radical (unpaired) electrons. The Hall–Kier alpha value is -2.56. The highest BCUT2D eigenvalue weighted by Crippen LogP contribution is 2.33. The van der Waals surface area contributed by atoms with Crippen molar-refractivity contribution in [2.24, 2.45) is 5.41 Å². The Morgan fingerprint density at radius 1 is 1.05 bits per heavy atom. The summed E-state index contributed by atoms with van der Waals surface area (Å²) >= 11 is 7.63. The summed E-state index contributed by atoms with van der Waals surface area (Å²) in [6, 6.07) is 7.82. The Morgan fingerprint density at radius 2 is 1.80 bits per heavy atom. The molecule has 0 spiro atoms. The number of carbonyl (C=O) groups excluding carboxylic acids is 2. The SMILES string of the molecule is CCCN(CCCC(=O)CSc1nc(Cl)cc(N2CCN(C(=O)C(C)(C)C)CC2)n1)Cc1ccc2c(c1)OCO2. The van der Waals surface area contributed by atoms with Crippen LogP contribution in [-0.4, -0.2) is 83.3 Å². The van der Waals surface area contributed by atoms with Crippen LogP contribution >= 0.6 is 23.4 Å². The number of Topliss-reactive ketones (excluding diaryl/α,β-unsaturated/α-hetero) is 1. The summed E-state index contributed by atoms with van der Waals surface area (Å²) in [7, 11) is 0. The molecule has 2 aliphatic heterocycles. The van der Waals surface area contributed by atoms with Gasteiger partial charge in [0.15, 0.2) is 16.7 Å². The fraction of sp³-hybridized carbons (Fsp3) is 0.586. The minimum Gasteiger partial charge on any atom is -0.454 e. The van der Waals surface area contributed by atoms with Crippen molar-refractivity contribution in [3.63, 3.8) is 0 Å². The van der Waals surface area contributed by atoms with Gasteiger partial charge in [-0.15, -0.1) is 0 Å². The number of hydrogen-bond acceptors (Lipinski definition) is 9. The van der Waals surface area contributed by atoms with E-state index < -0.39 is 5.41 Å². The second-order valence-electron chi connectivity index (χ2n) is 11.3. The minimum atomic E-state index is -0.391. The van der Waals surface area contributed by atoms with Gasteiger partial charge in [-0.1, -0.05) is 57.1 Å². The van der Waals surface area contributed by atoms with Crippen molar-refractivity contribution in [1.29, 1.82) is 0 Å². The molecule has 4 rings (SSSR count). The van der Waals surface area contributed by atoms with Gasteiger partial charge in [0, 0.05) is 50.6 Å². The molecule has 1 saturated heterocycles. The van der Waals surface area contributed by atoms with E-state index in [1.165, 1.54) is 17.3 Å². The number of anilines is 1. The van der Waals surface area contributed by atoms with E-state index in [0.717, 1.165) is 49.8 Å². The average molecular weight is 590 g/mol. The van der Waals surface area contributed by atoms with E-state index in [1.807, 2.05) is 37.8 Å². The van der Waals surface area contributed by atoms with E-state index >= 15 is 0 Å². The van der Waals surface area contributed by atoms with E-state index in [-0.39, 0.29) is 18.5 Å². The number of piperazine rings is 1. The van der Waals surface area contributed by atoms with Gasteiger partial charge in [-0.2, -0.15) is 0 Å². The van der Waals surface area contributed by atoms with Gasteiger partial charge in [0.2, 0.25) is 12.7 Å². The lowest BCUT2D eigenvalue weighted by Gasteiger charge is -2.38. The molecule has 2 aliphatic rings. The topological polar surface area (TPSA) is 88.1 Å². The highest BCUT2D eigenvalue weighted by Gasteiger charge is 2.30. The van der Waals surface area contributed by atoms with Gasteiger partial charge >= 0.3 is 0 Å². The molecule has 218 valence electrons. The number of hydrogen-bond donors (Lipinski definition) is 0. The number of carbonyl (C=O) groups is 2. The van der Waals surface area contributed by atoms with Gasteiger partial charge in [0.25, 0.3) is 0 Å². The largest absolute Gasteiger partial charge is 0.454 e. The first-order valence-electron chi connectivity index (χ1n) is 14.0. The minimum absolute atomic E-state index is 0.161. The van der Waals surface area contributed by atoms with Gasteiger partial charge in [-0.25, -0.2) is 9.97 Å². The Morgan fingerprint density at radius 3 is 2.52 bits per heavy atom. The zero-order valence-electron chi connectivity index (χ0n) is 23.9. The molecular formula is C29H40ClN5O4S. The predicted molar refractivity (Wildman–Crippen MR) is 158 cm³/mol. The van der Waals surface area contributed by atoms with Crippen molar-refractivity contribution in [1.82, 2.24) is 19.8 Å². The summed E-state index contributed by atoms with van der Waals surface area (Å²) in [5, 5.41) is 0.853. The zero-order valence-corrected chi connectivity index (χ0v) is 25.5. The lowest BCUT2D eigenvalue weighted by atomic mass is 9.94. The number of fused-ring (bicyclic) bond motifs is 1. The number of thioether (sulfide) groups is 1. The zero-order chi connectivity index (χ0) is 28.7. The first kappa shape index (κ1) is 30.4. The number of benzene rings is 1. The molecule has 3 heterocycles. The summed E-state index contributed by atoms with van der Waals surface area (Å²) < 4.78 is 10.9. The van der Waals surface area contributed by atoms with E-state index in [2.05, 4.69) is 32.8 Å². The number of ether oxygens (including phenoxy) is 2. The average Bonchev–Trinajstić information content (AvgIpc) is 3.39. The molecule has 0 N–H and O–H groups in total. The summed E-state index contributed by atoms with van der Waals surface area (Å²) in [6.07, 6.45) is 2.35. The summed E-state index contributed by atoms with van der Waals surface area (Å²) in [4.78, 5) is 40.7. The van der Waals surface area contributed by atoms with Crippen LogP contribution in [-0.2, 0) is 16.1 Å². The smallest absolute Gasteiger partial charge is 0.231 e. The third kappa shape index (κ3) is 8.47. The second kappa shape index (κ2) is 13.9. The molecular weight excluding hydrogens is 550 g/mol. The Bertz CT molecular complexity index is 1180. The number of aromatic nitrogens is 2. The molecule has 9 nitrogen and oxygen atoms in total. The fourth-order valence-corrected chi connectivity index (χ4v) is 5.81. The third-order valence-corrected chi connectivity index (χ3v) is 7.97. The maximum atomic E-state index is 12.7. The van der Waals surface area contributed by atoms with Gasteiger partial charge in [-0.3, -0.25) is 14.5 Å². The molecule has 1 amide bonds. The number of amides is 1. The molecule has 0 aliphatic carbocycles. The monoisotopic (exact) mass is 589 g/mol. The molecule has 0 atom stereocenters. The fourth-order valence-electron chi connectivity index (χ4n) is 4.83. The first-order chi connectivity index (χ1) is 19.1. The predicted octanol–water partition coefficient (Wildman–Crippen LogP) is 4.91. The third-order valence-electron chi connectivity index (χ3n) is 6.87. The van der Waals surface area contributed by atoms with Crippen molar-refractivity contribution >= 4 is 40.9 Å². The number of halogens is 1.